The molecule has 0 saturated heterocycles. The van der Waals surface area contributed by atoms with Gasteiger partial charge in [-0.1, -0.05) is 27.7 Å². The first-order valence-corrected chi connectivity index (χ1v) is 4.77. The van der Waals surface area contributed by atoms with Crippen LogP contribution in [0.1, 0.15) is 53.4 Å². The van der Waals surface area contributed by atoms with Gasteiger partial charge in [0.2, 0.25) is 0 Å². The fraction of sp³-hybridized carbons (Fsp3) is 1.00. The highest BCUT2D eigenvalue weighted by Gasteiger charge is 2.47. The largest absolute Gasteiger partial charge is 0.327 e. The Hall–Kier alpha value is -0.0800. The summed E-state index contributed by atoms with van der Waals surface area (Å²) < 4.78 is 0. The molecule has 0 radical (unpaired) electrons. The Kier molecular flexibility index (Phi) is 4.40. The molecule has 2 rings (SSSR count). The first kappa shape index (κ1) is 12.9. The fourth-order valence-corrected chi connectivity index (χ4v) is 3.02. The van der Waals surface area contributed by atoms with Gasteiger partial charge in [0.05, 0.1) is 0 Å². The lowest BCUT2D eigenvalue weighted by atomic mass is 9.78. The normalized spacial score (nSPS) is 42.9. The zero-order valence-corrected chi connectivity index (χ0v) is 7.05. The van der Waals surface area contributed by atoms with E-state index in [0.29, 0.717) is 17.5 Å². The SMILES string of the molecule is C.C.NC1CCCC12CCCC2N. The smallest absolute Gasteiger partial charge is 0.0110 e. The minimum absolute atomic E-state index is 0. The van der Waals surface area contributed by atoms with Gasteiger partial charge in [0.15, 0.2) is 0 Å². The van der Waals surface area contributed by atoms with E-state index in [1.807, 2.05) is 0 Å². The van der Waals surface area contributed by atoms with Crippen LogP contribution >= 0.6 is 0 Å². The van der Waals surface area contributed by atoms with E-state index >= 15 is 0 Å². The number of hydrogen-bond acceptors (Lipinski definition) is 2. The summed E-state index contributed by atoms with van der Waals surface area (Å²) in [5.41, 5.74) is 12.5. The van der Waals surface area contributed by atoms with Gasteiger partial charge in [0.25, 0.3) is 0 Å². The molecule has 0 amide bonds. The van der Waals surface area contributed by atoms with Crippen LogP contribution in [-0.2, 0) is 0 Å². The van der Waals surface area contributed by atoms with Gasteiger partial charge in [0.1, 0.15) is 0 Å². The number of hydrogen-bond donors (Lipinski definition) is 2. The van der Waals surface area contributed by atoms with Crippen molar-refractivity contribution in [3.05, 3.63) is 0 Å². The molecule has 2 heteroatoms. The van der Waals surface area contributed by atoms with Crippen molar-refractivity contribution in [1.29, 1.82) is 0 Å². The first-order chi connectivity index (χ1) is 5.26. The van der Waals surface area contributed by atoms with Crippen LogP contribution in [0.5, 0.6) is 0 Å². The van der Waals surface area contributed by atoms with Gasteiger partial charge in [0, 0.05) is 17.5 Å². The van der Waals surface area contributed by atoms with Gasteiger partial charge in [-0.3, -0.25) is 0 Å². The van der Waals surface area contributed by atoms with Crippen LogP contribution in [0.15, 0.2) is 0 Å². The molecule has 2 unspecified atom stereocenters. The molecule has 0 aliphatic heterocycles. The molecule has 0 aromatic rings. The van der Waals surface area contributed by atoms with E-state index in [9.17, 15) is 0 Å². The topological polar surface area (TPSA) is 52.0 Å². The van der Waals surface area contributed by atoms with E-state index in [0.717, 1.165) is 0 Å². The highest BCUT2D eigenvalue weighted by molar-refractivity contribution is 5.04. The Balaban J connectivity index is 0.000000720. The minimum atomic E-state index is 0. The predicted octanol–water partition coefficient (Wildman–Crippen LogP) is 2.27. The van der Waals surface area contributed by atoms with E-state index < -0.39 is 0 Å². The molecule has 13 heavy (non-hydrogen) atoms. The van der Waals surface area contributed by atoms with Crippen LogP contribution in [0.4, 0.5) is 0 Å². The van der Waals surface area contributed by atoms with E-state index in [4.69, 9.17) is 11.5 Å². The van der Waals surface area contributed by atoms with Gasteiger partial charge in [-0.25, -0.2) is 0 Å². The van der Waals surface area contributed by atoms with Crippen LogP contribution in [0.25, 0.3) is 0 Å². The molecule has 0 aromatic carbocycles. The van der Waals surface area contributed by atoms with E-state index in [2.05, 4.69) is 0 Å². The highest BCUT2D eigenvalue weighted by atomic mass is 14.8. The molecule has 1 spiro atoms. The van der Waals surface area contributed by atoms with Gasteiger partial charge < -0.3 is 11.5 Å². The van der Waals surface area contributed by atoms with E-state index in [1.165, 1.54) is 38.5 Å². The van der Waals surface area contributed by atoms with Crippen molar-refractivity contribution < 1.29 is 0 Å². The molecule has 80 valence electrons. The van der Waals surface area contributed by atoms with E-state index in [1.54, 1.807) is 0 Å². The third kappa shape index (κ3) is 1.75. The van der Waals surface area contributed by atoms with Crippen molar-refractivity contribution in [3.8, 4) is 0 Å². The molecule has 2 saturated carbocycles. The van der Waals surface area contributed by atoms with Crippen molar-refractivity contribution in [3.63, 3.8) is 0 Å². The molecule has 2 atom stereocenters. The second-order valence-corrected chi connectivity index (χ2v) is 4.23. The maximum atomic E-state index is 6.09. The Morgan fingerprint density at radius 2 is 1.23 bits per heavy atom. The standard InChI is InChI=1S/C9H18N2.2CH4/c10-7-3-1-5-9(7)6-2-4-8(9)11;;/h7-8H,1-6,10-11H2;2*1H4. The third-order valence-corrected chi connectivity index (χ3v) is 3.79. The maximum Gasteiger partial charge on any atom is 0.0110 e. The van der Waals surface area contributed by atoms with Crippen LogP contribution in [-0.4, -0.2) is 12.1 Å². The molecule has 0 heterocycles. The number of nitrogens with two attached hydrogens (primary N) is 2. The molecular weight excluding hydrogens is 160 g/mol. The van der Waals surface area contributed by atoms with Crippen LogP contribution in [0, 0.1) is 5.41 Å². The fourth-order valence-electron chi connectivity index (χ4n) is 3.02. The Bertz CT molecular complexity index is 138. The zero-order chi connectivity index (χ0) is 7.90. The molecule has 2 aliphatic carbocycles. The average molecular weight is 186 g/mol. The first-order valence-electron chi connectivity index (χ1n) is 4.77. The summed E-state index contributed by atoms with van der Waals surface area (Å²) >= 11 is 0. The van der Waals surface area contributed by atoms with Crippen LogP contribution in [0.3, 0.4) is 0 Å². The molecule has 2 nitrogen and oxygen atoms in total. The molecular formula is C11H26N2. The third-order valence-electron chi connectivity index (χ3n) is 3.79. The number of rotatable bonds is 0. The Morgan fingerprint density at radius 3 is 1.46 bits per heavy atom. The van der Waals surface area contributed by atoms with Crippen LogP contribution in [0.2, 0.25) is 0 Å². The summed E-state index contributed by atoms with van der Waals surface area (Å²) in [6.07, 6.45) is 7.58. The van der Waals surface area contributed by atoms with Crippen molar-refractivity contribution in [1.82, 2.24) is 0 Å². The molecule has 4 N–H and O–H groups in total. The summed E-state index contributed by atoms with van der Waals surface area (Å²) in [5.74, 6) is 0. The minimum Gasteiger partial charge on any atom is -0.327 e. The summed E-state index contributed by atoms with van der Waals surface area (Å²) in [4.78, 5) is 0. The van der Waals surface area contributed by atoms with Gasteiger partial charge in [-0.2, -0.15) is 0 Å². The maximum absolute atomic E-state index is 6.09. The summed E-state index contributed by atoms with van der Waals surface area (Å²) in [5, 5.41) is 0. The quantitative estimate of drug-likeness (QED) is 0.610. The van der Waals surface area contributed by atoms with Crippen molar-refractivity contribution in [2.45, 2.75) is 65.5 Å². The van der Waals surface area contributed by atoms with Gasteiger partial charge in [-0.05, 0) is 25.7 Å². The molecule has 0 bridgehead atoms. The lowest BCUT2D eigenvalue weighted by Gasteiger charge is -2.33. The zero-order valence-electron chi connectivity index (χ0n) is 7.05. The van der Waals surface area contributed by atoms with Gasteiger partial charge >= 0.3 is 0 Å². The molecule has 2 fully saturated rings. The monoisotopic (exact) mass is 186 g/mol. The lowest BCUT2D eigenvalue weighted by Crippen LogP contribution is -2.46. The van der Waals surface area contributed by atoms with Crippen molar-refractivity contribution in [2.75, 3.05) is 0 Å². The predicted molar refractivity (Wildman–Crippen MR) is 59.5 cm³/mol. The lowest BCUT2D eigenvalue weighted by molar-refractivity contribution is 0.235. The van der Waals surface area contributed by atoms with E-state index in [-0.39, 0.29) is 14.9 Å². The summed E-state index contributed by atoms with van der Waals surface area (Å²) in [6.45, 7) is 0. The highest BCUT2D eigenvalue weighted by Crippen LogP contribution is 2.48. The molecule has 0 aromatic heterocycles. The summed E-state index contributed by atoms with van der Waals surface area (Å²) in [7, 11) is 0. The van der Waals surface area contributed by atoms with Gasteiger partial charge in [-0.15, -0.1) is 0 Å². The van der Waals surface area contributed by atoms with Crippen molar-refractivity contribution in [2.24, 2.45) is 16.9 Å². The Labute approximate surface area is 83.1 Å². The summed E-state index contributed by atoms with van der Waals surface area (Å²) in [6, 6.07) is 0.806. The average Bonchev–Trinajstić information content (AvgIpc) is 2.48. The van der Waals surface area contributed by atoms with Crippen LogP contribution < -0.4 is 11.5 Å². The molecule has 2 aliphatic rings. The van der Waals surface area contributed by atoms with Crippen molar-refractivity contribution >= 4 is 0 Å². The second kappa shape index (κ2) is 4.43. The second-order valence-electron chi connectivity index (χ2n) is 4.23. The Morgan fingerprint density at radius 1 is 0.846 bits per heavy atom.